The first kappa shape index (κ1) is 12.5. The molecule has 0 spiro atoms. The van der Waals surface area contributed by atoms with Gasteiger partial charge in [-0.25, -0.2) is 4.39 Å². The fourth-order valence-corrected chi connectivity index (χ4v) is 2.11. The van der Waals surface area contributed by atoms with E-state index in [2.05, 4.69) is 5.16 Å². The summed E-state index contributed by atoms with van der Waals surface area (Å²) in [5, 5.41) is 11.8. The van der Waals surface area contributed by atoms with E-state index in [1.165, 1.54) is 18.2 Å². The molecule has 0 unspecified atom stereocenters. The lowest BCUT2D eigenvalue weighted by atomic mass is 10.0. The van der Waals surface area contributed by atoms with Crippen LogP contribution in [-0.2, 0) is 0 Å². The van der Waals surface area contributed by atoms with E-state index in [1.807, 2.05) is 0 Å². The van der Waals surface area contributed by atoms with E-state index in [1.54, 1.807) is 11.8 Å². The van der Waals surface area contributed by atoms with E-state index in [0.717, 1.165) is 5.71 Å². The number of aryl methyl sites for hydroxylation is 1. The summed E-state index contributed by atoms with van der Waals surface area (Å²) in [6, 6.07) is 4.17. The lowest BCUT2D eigenvalue weighted by Crippen LogP contribution is -2.39. The number of rotatable bonds is 1. The number of carbonyl (C=O) groups is 1. The minimum Gasteiger partial charge on any atom is -0.411 e. The summed E-state index contributed by atoms with van der Waals surface area (Å²) in [4.78, 5) is 13.9. The largest absolute Gasteiger partial charge is 0.411 e. The SMILES string of the molecule is Cc1cc(F)ccc1C(=O)N1CCC(=NO)CC1. The van der Waals surface area contributed by atoms with Crippen LogP contribution in [0.5, 0.6) is 0 Å². The van der Waals surface area contributed by atoms with E-state index >= 15 is 0 Å². The second-order valence-corrected chi connectivity index (χ2v) is 4.42. The third kappa shape index (κ3) is 2.50. The van der Waals surface area contributed by atoms with Crippen LogP contribution < -0.4 is 0 Å². The van der Waals surface area contributed by atoms with Crippen LogP contribution in [0.4, 0.5) is 4.39 Å². The van der Waals surface area contributed by atoms with Gasteiger partial charge in [0.2, 0.25) is 0 Å². The van der Waals surface area contributed by atoms with E-state index in [-0.39, 0.29) is 11.7 Å². The maximum absolute atomic E-state index is 13.0. The number of likely N-dealkylation sites (tertiary alicyclic amines) is 1. The molecule has 1 saturated heterocycles. The predicted molar refractivity (Wildman–Crippen MR) is 65.5 cm³/mol. The van der Waals surface area contributed by atoms with Crippen LogP contribution in [0.2, 0.25) is 0 Å². The molecule has 1 aliphatic rings. The molecule has 0 aromatic heterocycles. The number of halogens is 1. The molecule has 0 bridgehead atoms. The minimum atomic E-state index is -0.336. The lowest BCUT2D eigenvalue weighted by Gasteiger charge is -2.27. The van der Waals surface area contributed by atoms with Gasteiger partial charge < -0.3 is 10.1 Å². The summed E-state index contributed by atoms with van der Waals surface area (Å²) in [5.74, 6) is -0.429. The fraction of sp³-hybridized carbons (Fsp3) is 0.385. The van der Waals surface area contributed by atoms with Crippen LogP contribution >= 0.6 is 0 Å². The second-order valence-electron chi connectivity index (χ2n) is 4.42. The summed E-state index contributed by atoms with van der Waals surface area (Å²) >= 11 is 0. The van der Waals surface area contributed by atoms with Crippen molar-refractivity contribution in [3.63, 3.8) is 0 Å². The number of hydrogen-bond donors (Lipinski definition) is 1. The molecular weight excluding hydrogens is 235 g/mol. The molecular formula is C13H15FN2O2. The summed E-state index contributed by atoms with van der Waals surface area (Å²) in [6.45, 7) is 2.80. The summed E-state index contributed by atoms with van der Waals surface area (Å²) in [5.41, 5.74) is 1.89. The lowest BCUT2D eigenvalue weighted by molar-refractivity contribution is 0.0753. The van der Waals surface area contributed by atoms with Crippen LogP contribution in [0.3, 0.4) is 0 Å². The molecule has 0 saturated carbocycles. The maximum atomic E-state index is 13.0. The molecule has 4 nitrogen and oxygen atoms in total. The number of nitrogens with zero attached hydrogens (tertiary/aromatic N) is 2. The standard InChI is InChI=1S/C13H15FN2O2/c1-9-8-10(14)2-3-12(9)13(17)16-6-4-11(15-18)5-7-16/h2-3,8,18H,4-7H2,1H3. The molecule has 0 radical (unpaired) electrons. The Morgan fingerprint density at radius 1 is 1.39 bits per heavy atom. The van der Waals surface area contributed by atoms with Crippen molar-refractivity contribution in [2.24, 2.45) is 5.16 Å². The van der Waals surface area contributed by atoms with Gasteiger partial charge in [0, 0.05) is 31.5 Å². The Hall–Kier alpha value is -1.91. The molecule has 2 rings (SSSR count). The molecule has 1 aliphatic heterocycles. The van der Waals surface area contributed by atoms with Crippen molar-refractivity contribution in [1.29, 1.82) is 0 Å². The number of carbonyl (C=O) groups excluding carboxylic acids is 1. The predicted octanol–water partition coefficient (Wildman–Crippen LogP) is 2.20. The van der Waals surface area contributed by atoms with Crippen molar-refractivity contribution in [3.05, 3.63) is 35.1 Å². The zero-order valence-corrected chi connectivity index (χ0v) is 10.2. The first-order valence-electron chi connectivity index (χ1n) is 5.87. The number of hydrogen-bond acceptors (Lipinski definition) is 3. The Morgan fingerprint density at radius 2 is 2.06 bits per heavy atom. The molecule has 0 atom stereocenters. The number of amides is 1. The van der Waals surface area contributed by atoms with Crippen LogP contribution in [0.15, 0.2) is 23.4 Å². The Bertz CT molecular complexity index is 490. The van der Waals surface area contributed by atoms with Crippen LogP contribution in [0, 0.1) is 12.7 Å². The zero-order valence-electron chi connectivity index (χ0n) is 10.2. The molecule has 1 aromatic carbocycles. The highest BCUT2D eigenvalue weighted by Gasteiger charge is 2.22. The molecule has 1 fully saturated rings. The first-order chi connectivity index (χ1) is 8.61. The molecule has 1 aromatic rings. The van der Waals surface area contributed by atoms with Gasteiger partial charge >= 0.3 is 0 Å². The monoisotopic (exact) mass is 250 g/mol. The quantitative estimate of drug-likeness (QED) is 0.613. The van der Waals surface area contributed by atoms with Gasteiger partial charge in [-0.3, -0.25) is 4.79 Å². The Kier molecular flexibility index (Phi) is 3.60. The van der Waals surface area contributed by atoms with Crippen molar-refractivity contribution in [1.82, 2.24) is 4.90 Å². The van der Waals surface area contributed by atoms with Crippen molar-refractivity contribution >= 4 is 11.6 Å². The van der Waals surface area contributed by atoms with Crippen molar-refractivity contribution < 1.29 is 14.4 Å². The molecule has 1 heterocycles. The Balaban J connectivity index is 2.12. The normalized spacial score (nSPS) is 15.7. The van der Waals surface area contributed by atoms with E-state index in [4.69, 9.17) is 5.21 Å². The maximum Gasteiger partial charge on any atom is 0.254 e. The average molecular weight is 250 g/mol. The molecule has 0 aliphatic carbocycles. The van der Waals surface area contributed by atoms with Gasteiger partial charge in [-0.1, -0.05) is 5.16 Å². The smallest absolute Gasteiger partial charge is 0.254 e. The van der Waals surface area contributed by atoms with Crippen LogP contribution in [0.25, 0.3) is 0 Å². The van der Waals surface area contributed by atoms with Gasteiger partial charge in [-0.2, -0.15) is 0 Å². The average Bonchev–Trinajstić information content (AvgIpc) is 2.38. The van der Waals surface area contributed by atoms with Gasteiger partial charge in [0.1, 0.15) is 5.82 Å². The molecule has 5 heteroatoms. The van der Waals surface area contributed by atoms with Gasteiger partial charge in [-0.15, -0.1) is 0 Å². The summed E-state index contributed by atoms with van der Waals surface area (Å²) < 4.78 is 13.0. The second kappa shape index (κ2) is 5.16. The van der Waals surface area contributed by atoms with Gasteiger partial charge in [0.15, 0.2) is 0 Å². The van der Waals surface area contributed by atoms with Crippen LogP contribution in [0.1, 0.15) is 28.8 Å². The number of oxime groups is 1. The van der Waals surface area contributed by atoms with Gasteiger partial charge in [0.25, 0.3) is 5.91 Å². The number of piperidine rings is 1. The molecule has 1 amide bonds. The topological polar surface area (TPSA) is 52.9 Å². The van der Waals surface area contributed by atoms with Gasteiger partial charge in [-0.05, 0) is 30.7 Å². The third-order valence-corrected chi connectivity index (χ3v) is 3.19. The van der Waals surface area contributed by atoms with E-state index < -0.39 is 0 Å². The molecule has 1 N–H and O–H groups in total. The molecule has 18 heavy (non-hydrogen) atoms. The van der Waals surface area contributed by atoms with Crippen molar-refractivity contribution in [2.75, 3.05) is 13.1 Å². The summed E-state index contributed by atoms with van der Waals surface area (Å²) in [7, 11) is 0. The highest BCUT2D eigenvalue weighted by atomic mass is 19.1. The van der Waals surface area contributed by atoms with Crippen molar-refractivity contribution in [2.45, 2.75) is 19.8 Å². The fourth-order valence-electron chi connectivity index (χ4n) is 2.11. The van der Waals surface area contributed by atoms with Crippen LogP contribution in [-0.4, -0.2) is 34.8 Å². The van der Waals surface area contributed by atoms with E-state index in [9.17, 15) is 9.18 Å². The Morgan fingerprint density at radius 3 is 2.61 bits per heavy atom. The summed E-state index contributed by atoms with van der Waals surface area (Å²) in [6.07, 6.45) is 1.17. The minimum absolute atomic E-state index is 0.0931. The van der Waals surface area contributed by atoms with Crippen molar-refractivity contribution in [3.8, 4) is 0 Å². The first-order valence-corrected chi connectivity index (χ1v) is 5.87. The zero-order chi connectivity index (χ0) is 13.1. The molecule has 96 valence electrons. The van der Waals surface area contributed by atoms with Gasteiger partial charge in [0.05, 0.1) is 5.71 Å². The highest BCUT2D eigenvalue weighted by molar-refractivity contribution is 5.97. The Labute approximate surface area is 105 Å². The third-order valence-electron chi connectivity index (χ3n) is 3.19. The van der Waals surface area contributed by atoms with E-state index in [0.29, 0.717) is 37.1 Å². The number of benzene rings is 1. The highest BCUT2D eigenvalue weighted by Crippen LogP contribution is 2.16.